The first-order valence-corrected chi connectivity index (χ1v) is 16.3. The van der Waals surface area contributed by atoms with Gasteiger partial charge in [-0.25, -0.2) is 23.4 Å². The Bertz CT molecular complexity index is 1740. The highest BCUT2D eigenvalue weighted by molar-refractivity contribution is 7.92. The van der Waals surface area contributed by atoms with E-state index in [0.717, 1.165) is 54.6 Å². The quantitative estimate of drug-likeness (QED) is 0.282. The van der Waals surface area contributed by atoms with E-state index in [1.807, 2.05) is 22.0 Å². The Balaban J connectivity index is 1.33. The molecule has 3 fully saturated rings. The number of rotatable bonds is 6. The number of nitrogens with zero attached hydrogens (tertiary/aromatic N) is 6. The van der Waals surface area contributed by atoms with Crippen LogP contribution in [-0.2, 0) is 20.8 Å². The van der Waals surface area contributed by atoms with Gasteiger partial charge in [0.15, 0.2) is 5.65 Å². The van der Waals surface area contributed by atoms with Crippen LogP contribution in [0.1, 0.15) is 67.1 Å². The lowest BCUT2D eigenvalue weighted by atomic mass is 9.92. The van der Waals surface area contributed by atoms with Gasteiger partial charge in [-0.05, 0) is 44.2 Å². The van der Waals surface area contributed by atoms with Crippen LogP contribution >= 0.6 is 11.3 Å². The zero-order valence-corrected chi connectivity index (χ0v) is 23.8. The lowest BCUT2D eigenvalue weighted by Gasteiger charge is -2.35. The van der Waals surface area contributed by atoms with Crippen LogP contribution in [-0.4, -0.2) is 59.1 Å². The predicted octanol–water partition coefficient (Wildman–Crippen LogP) is 5.55. The van der Waals surface area contributed by atoms with Gasteiger partial charge >= 0.3 is 6.18 Å². The molecule has 7 rings (SSSR count). The number of hydrogen-bond donors (Lipinski definition) is 0. The summed E-state index contributed by atoms with van der Waals surface area (Å²) in [5, 5.41) is 4.49. The number of alkyl halides is 3. The van der Waals surface area contributed by atoms with Crippen LogP contribution in [0.25, 0.3) is 21.6 Å². The van der Waals surface area contributed by atoms with Gasteiger partial charge < -0.3 is 9.64 Å². The van der Waals surface area contributed by atoms with Crippen molar-refractivity contribution in [1.29, 1.82) is 0 Å². The van der Waals surface area contributed by atoms with Crippen molar-refractivity contribution in [2.75, 3.05) is 30.9 Å². The van der Waals surface area contributed by atoms with Crippen LogP contribution in [0.5, 0.6) is 0 Å². The van der Waals surface area contributed by atoms with E-state index >= 15 is 0 Å². The monoisotopic (exact) mass is 604 g/mol. The third-order valence-corrected chi connectivity index (χ3v) is 10.6. The summed E-state index contributed by atoms with van der Waals surface area (Å²) >= 11 is 0.945. The zero-order chi connectivity index (χ0) is 28.5. The first-order valence-electron chi connectivity index (χ1n) is 13.6. The normalized spacial score (nSPS) is 21.8. The molecule has 14 heteroatoms. The molecule has 4 aromatic rings. The lowest BCUT2D eigenvalue weighted by molar-refractivity contribution is -0.137. The molecule has 0 bridgehead atoms. The van der Waals surface area contributed by atoms with Crippen molar-refractivity contribution in [2.45, 2.75) is 60.7 Å². The molecule has 1 aliphatic carbocycles. The molecule has 1 saturated carbocycles. The summed E-state index contributed by atoms with van der Waals surface area (Å²) in [5.74, 6) is 0.363. The van der Waals surface area contributed by atoms with E-state index in [9.17, 15) is 21.6 Å². The minimum atomic E-state index is -4.50. The van der Waals surface area contributed by atoms with Gasteiger partial charge in [0.1, 0.15) is 10.5 Å². The van der Waals surface area contributed by atoms with Crippen molar-refractivity contribution in [3.05, 3.63) is 47.5 Å². The fourth-order valence-electron chi connectivity index (χ4n) is 5.39. The second-order valence-corrected chi connectivity index (χ2v) is 14.2. The molecular formula is C27H27F3N6O3S2. The standard InChI is InChI=1S/C27H27F3N6O3S2/c1-41(37,38)26-34-25-23(40-26)22(19-6-3-17(27(28,29)30)12-20(19)35-8-2-9-35)32-24(33-25)15-7-10-39-21(11-15)16-13-31-36(14-16)18-4-5-18/h3,6,12-15,18,21H,2,4-5,7-11H2,1H3/t15-,21+/m0/s1. The number of halogens is 3. The number of hydrogen-bond acceptors (Lipinski definition) is 9. The Morgan fingerprint density at radius 3 is 2.59 bits per heavy atom. The van der Waals surface area contributed by atoms with Crippen LogP contribution in [0.2, 0.25) is 0 Å². The Morgan fingerprint density at radius 2 is 1.90 bits per heavy atom. The molecule has 3 aliphatic rings. The molecule has 3 aromatic heterocycles. The molecule has 2 atom stereocenters. The highest BCUT2D eigenvalue weighted by Crippen LogP contribution is 2.44. The first kappa shape index (κ1) is 26.8. The number of ether oxygens (including phenoxy) is 1. The van der Waals surface area contributed by atoms with E-state index in [4.69, 9.17) is 14.7 Å². The smallest absolute Gasteiger partial charge is 0.373 e. The predicted molar refractivity (Wildman–Crippen MR) is 147 cm³/mol. The zero-order valence-electron chi connectivity index (χ0n) is 22.1. The minimum absolute atomic E-state index is 0.102. The summed E-state index contributed by atoms with van der Waals surface area (Å²) in [6, 6.07) is 4.09. The van der Waals surface area contributed by atoms with Crippen molar-refractivity contribution in [3.63, 3.8) is 0 Å². The van der Waals surface area contributed by atoms with Crippen LogP contribution in [0, 0.1) is 0 Å². The fraction of sp³-hybridized carbons (Fsp3) is 0.481. The number of fused-ring (bicyclic) bond motifs is 1. The summed E-state index contributed by atoms with van der Waals surface area (Å²) in [4.78, 5) is 15.9. The Morgan fingerprint density at radius 1 is 1.10 bits per heavy atom. The number of aromatic nitrogens is 5. The van der Waals surface area contributed by atoms with E-state index in [1.165, 1.54) is 6.07 Å². The number of thiazole rings is 1. The molecule has 1 aromatic carbocycles. The molecule has 5 heterocycles. The van der Waals surface area contributed by atoms with Crippen molar-refractivity contribution in [1.82, 2.24) is 24.7 Å². The Hall–Kier alpha value is -3.10. The molecule has 0 amide bonds. The number of benzene rings is 1. The van der Waals surface area contributed by atoms with Crippen LogP contribution in [0.4, 0.5) is 18.9 Å². The molecule has 2 aliphatic heterocycles. The van der Waals surface area contributed by atoms with Crippen LogP contribution < -0.4 is 4.90 Å². The summed E-state index contributed by atoms with van der Waals surface area (Å²) in [7, 11) is -3.64. The van der Waals surface area contributed by atoms with Gasteiger partial charge in [-0.15, -0.1) is 0 Å². The van der Waals surface area contributed by atoms with Crippen molar-refractivity contribution in [2.24, 2.45) is 0 Å². The highest BCUT2D eigenvalue weighted by atomic mass is 32.2. The van der Waals surface area contributed by atoms with Crippen molar-refractivity contribution < 1.29 is 26.3 Å². The number of sulfone groups is 1. The first-order chi connectivity index (χ1) is 19.5. The maximum absolute atomic E-state index is 13.7. The second kappa shape index (κ2) is 9.73. The molecule has 216 valence electrons. The molecule has 0 radical (unpaired) electrons. The molecular weight excluding hydrogens is 577 g/mol. The molecule has 9 nitrogen and oxygen atoms in total. The summed E-state index contributed by atoms with van der Waals surface area (Å²) in [6.45, 7) is 1.73. The lowest BCUT2D eigenvalue weighted by Crippen LogP contribution is -2.37. The van der Waals surface area contributed by atoms with Crippen LogP contribution in [0.15, 0.2) is 34.9 Å². The topological polar surface area (TPSA) is 103 Å². The van der Waals surface area contributed by atoms with E-state index < -0.39 is 21.6 Å². The maximum Gasteiger partial charge on any atom is 0.416 e. The summed E-state index contributed by atoms with van der Waals surface area (Å²) < 4.78 is 74.2. The van der Waals surface area contributed by atoms with Crippen molar-refractivity contribution >= 4 is 37.2 Å². The Kier molecular flexibility index (Phi) is 6.36. The average molecular weight is 605 g/mol. The Labute approximate surface area is 238 Å². The van der Waals surface area contributed by atoms with Gasteiger partial charge in [-0.3, -0.25) is 4.68 Å². The SMILES string of the molecule is CS(=O)(=O)c1nc2nc([C@H]3CCO[C@@H](c4cnn(C5CC5)c4)C3)nc(-c3ccc(C(F)(F)F)cc3N3CCC3)c2s1. The molecule has 0 unspecified atom stereocenters. The van der Waals surface area contributed by atoms with E-state index in [-0.39, 0.29) is 22.0 Å². The molecule has 0 spiro atoms. The van der Waals surface area contributed by atoms with Gasteiger partial charge in [-0.1, -0.05) is 17.4 Å². The van der Waals surface area contributed by atoms with Gasteiger partial charge in [0.2, 0.25) is 14.2 Å². The van der Waals surface area contributed by atoms with E-state index in [2.05, 4.69) is 10.1 Å². The number of anilines is 1. The summed E-state index contributed by atoms with van der Waals surface area (Å²) in [6.07, 6.45) is 4.60. The fourth-order valence-corrected chi connectivity index (χ4v) is 7.24. The second-order valence-electron chi connectivity index (χ2n) is 11.0. The van der Waals surface area contributed by atoms with Crippen LogP contribution in [0.3, 0.4) is 0 Å². The maximum atomic E-state index is 13.7. The molecule has 2 saturated heterocycles. The van der Waals surface area contributed by atoms with Gasteiger partial charge in [-0.2, -0.15) is 18.3 Å². The van der Waals surface area contributed by atoms with E-state index in [0.29, 0.717) is 66.0 Å². The van der Waals surface area contributed by atoms with E-state index in [1.54, 1.807) is 0 Å². The average Bonchev–Trinajstić information content (AvgIpc) is 3.45. The minimum Gasteiger partial charge on any atom is -0.373 e. The van der Waals surface area contributed by atoms with Gasteiger partial charge in [0.25, 0.3) is 0 Å². The van der Waals surface area contributed by atoms with Crippen molar-refractivity contribution in [3.8, 4) is 11.3 Å². The molecule has 41 heavy (non-hydrogen) atoms. The summed E-state index contributed by atoms with van der Waals surface area (Å²) in [5.41, 5.74) is 1.80. The third-order valence-electron chi connectivity index (χ3n) is 7.91. The third kappa shape index (κ3) is 5.10. The molecule has 0 N–H and O–H groups in total. The largest absolute Gasteiger partial charge is 0.416 e. The van der Waals surface area contributed by atoms with Gasteiger partial charge in [0, 0.05) is 54.9 Å². The highest BCUT2D eigenvalue weighted by Gasteiger charge is 2.35. The van der Waals surface area contributed by atoms with Gasteiger partial charge in [0.05, 0.1) is 29.6 Å².